The molecule has 30 heavy (non-hydrogen) atoms. The summed E-state index contributed by atoms with van der Waals surface area (Å²) >= 11 is 7.88. The van der Waals surface area contributed by atoms with E-state index in [-0.39, 0.29) is 23.0 Å². The highest BCUT2D eigenvalue weighted by Gasteiger charge is 2.25. The molecule has 0 N–H and O–H groups in total. The van der Waals surface area contributed by atoms with Gasteiger partial charge >= 0.3 is 0 Å². The van der Waals surface area contributed by atoms with Gasteiger partial charge in [0.25, 0.3) is 0 Å². The fourth-order valence-electron chi connectivity index (χ4n) is 3.50. The third kappa shape index (κ3) is 4.31. The topological polar surface area (TPSA) is 70.6 Å². The van der Waals surface area contributed by atoms with Gasteiger partial charge in [0.2, 0.25) is 5.91 Å². The number of aryl methyl sites for hydroxylation is 1. The minimum atomic E-state index is -3.45. The molecule has 1 amide bonds. The van der Waals surface area contributed by atoms with Crippen LogP contribution in [0.1, 0.15) is 12.0 Å². The van der Waals surface area contributed by atoms with Gasteiger partial charge in [-0.15, -0.1) is 0 Å². The van der Waals surface area contributed by atoms with E-state index >= 15 is 0 Å². The van der Waals surface area contributed by atoms with Crippen molar-refractivity contribution in [2.75, 3.05) is 36.8 Å². The quantitative estimate of drug-likeness (QED) is 0.576. The highest BCUT2D eigenvalue weighted by atomic mass is 35.5. The molecule has 1 aliphatic heterocycles. The smallest absolute Gasteiger partial charge is 0.223 e. The molecule has 9 heteroatoms. The number of anilines is 1. The second-order valence-corrected chi connectivity index (χ2v) is 10.8. The Morgan fingerprint density at radius 3 is 2.47 bits per heavy atom. The Labute approximate surface area is 185 Å². The fraction of sp³-hybridized carbons (Fsp3) is 0.333. The highest BCUT2D eigenvalue weighted by molar-refractivity contribution is 7.91. The van der Waals surface area contributed by atoms with Crippen LogP contribution >= 0.6 is 22.9 Å². The van der Waals surface area contributed by atoms with Crippen LogP contribution < -0.4 is 4.90 Å². The number of nitrogens with zero attached hydrogens (tertiary/aromatic N) is 3. The Hall–Kier alpha value is -2.16. The predicted octanol–water partition coefficient (Wildman–Crippen LogP) is 3.77. The number of hydrogen-bond donors (Lipinski definition) is 0. The first-order chi connectivity index (χ1) is 14.3. The maximum atomic E-state index is 12.6. The first kappa shape index (κ1) is 21.1. The summed E-state index contributed by atoms with van der Waals surface area (Å²) < 4.78 is 25.8. The van der Waals surface area contributed by atoms with Gasteiger partial charge in [-0.2, -0.15) is 0 Å². The number of halogens is 1. The van der Waals surface area contributed by atoms with Gasteiger partial charge in [-0.25, -0.2) is 13.4 Å². The molecule has 0 spiro atoms. The SMILES string of the molecule is Cc1ccc(Cl)c2sc(N3CCN(C(=O)CCS(=O)(=O)c4ccccc4)CC3)nc12. The van der Waals surface area contributed by atoms with Crippen LogP contribution in [0.25, 0.3) is 10.2 Å². The van der Waals surface area contributed by atoms with Gasteiger partial charge in [-0.3, -0.25) is 4.79 Å². The van der Waals surface area contributed by atoms with Gasteiger partial charge in [0.15, 0.2) is 15.0 Å². The summed E-state index contributed by atoms with van der Waals surface area (Å²) in [7, 11) is -3.45. The maximum Gasteiger partial charge on any atom is 0.223 e. The number of hydrogen-bond acceptors (Lipinski definition) is 6. The second-order valence-electron chi connectivity index (χ2n) is 7.29. The van der Waals surface area contributed by atoms with Crippen LogP contribution in [0.5, 0.6) is 0 Å². The van der Waals surface area contributed by atoms with Crippen LogP contribution in [0.4, 0.5) is 5.13 Å². The third-order valence-corrected chi connectivity index (χ3v) is 8.58. The lowest BCUT2D eigenvalue weighted by molar-refractivity contribution is -0.131. The molecule has 0 unspecified atom stereocenters. The summed E-state index contributed by atoms with van der Waals surface area (Å²) in [6.07, 6.45) is -0.00678. The van der Waals surface area contributed by atoms with Gasteiger partial charge in [-0.05, 0) is 30.7 Å². The van der Waals surface area contributed by atoms with Crippen LogP contribution in [0.15, 0.2) is 47.4 Å². The largest absolute Gasteiger partial charge is 0.345 e. The number of piperazine rings is 1. The van der Waals surface area contributed by atoms with Crippen LogP contribution in [-0.4, -0.2) is 56.1 Å². The van der Waals surface area contributed by atoms with E-state index in [2.05, 4.69) is 4.90 Å². The lowest BCUT2D eigenvalue weighted by Crippen LogP contribution is -2.49. The number of aromatic nitrogens is 1. The number of carbonyl (C=O) groups excluding carboxylic acids is 1. The molecule has 0 saturated carbocycles. The van der Waals surface area contributed by atoms with Crippen LogP contribution in [0.3, 0.4) is 0 Å². The Morgan fingerprint density at radius 2 is 1.80 bits per heavy atom. The summed E-state index contributed by atoms with van der Waals surface area (Å²) in [4.78, 5) is 21.5. The maximum absolute atomic E-state index is 12.6. The molecule has 3 aromatic rings. The first-order valence-corrected chi connectivity index (χ1v) is 12.6. The molecule has 6 nitrogen and oxygen atoms in total. The minimum Gasteiger partial charge on any atom is -0.345 e. The molecule has 4 rings (SSSR count). The van der Waals surface area contributed by atoms with Gasteiger partial charge in [0.1, 0.15) is 0 Å². The second kappa shape index (κ2) is 8.53. The molecule has 1 saturated heterocycles. The van der Waals surface area contributed by atoms with Crippen molar-refractivity contribution in [3.05, 3.63) is 53.1 Å². The van der Waals surface area contributed by atoms with Gasteiger partial charge in [-0.1, -0.05) is 47.2 Å². The van der Waals surface area contributed by atoms with Crippen LogP contribution in [0.2, 0.25) is 5.02 Å². The third-order valence-electron chi connectivity index (χ3n) is 5.28. The van der Waals surface area contributed by atoms with Crippen molar-refractivity contribution in [1.29, 1.82) is 0 Å². The van der Waals surface area contributed by atoms with E-state index in [1.54, 1.807) is 46.6 Å². The van der Waals surface area contributed by atoms with Gasteiger partial charge < -0.3 is 9.80 Å². The van der Waals surface area contributed by atoms with Crippen LogP contribution in [0, 0.1) is 6.92 Å². The van der Waals surface area contributed by atoms with Crippen LogP contribution in [-0.2, 0) is 14.6 Å². The van der Waals surface area contributed by atoms with E-state index in [1.165, 1.54) is 0 Å². The summed E-state index contributed by atoms with van der Waals surface area (Å²) in [6.45, 7) is 4.43. The fourth-order valence-corrected chi connectivity index (χ4v) is 6.12. The standard InChI is InChI=1S/C21H22ClN3O3S2/c1-15-7-8-17(22)20-19(15)23-21(29-20)25-12-10-24(11-13-25)18(26)9-14-30(27,28)16-5-3-2-4-6-16/h2-8H,9-14H2,1H3. The van der Waals surface area contributed by atoms with Crippen molar-refractivity contribution in [1.82, 2.24) is 9.88 Å². The van der Waals surface area contributed by atoms with E-state index in [0.717, 1.165) is 20.9 Å². The Kier molecular flexibility index (Phi) is 5.99. The molecular weight excluding hydrogens is 442 g/mol. The van der Waals surface area contributed by atoms with Crippen molar-refractivity contribution in [3.63, 3.8) is 0 Å². The zero-order chi connectivity index (χ0) is 21.3. The summed E-state index contributed by atoms with van der Waals surface area (Å²) in [6, 6.07) is 12.1. The van der Waals surface area contributed by atoms with E-state index in [4.69, 9.17) is 16.6 Å². The Balaban J connectivity index is 1.36. The lowest BCUT2D eigenvalue weighted by atomic mass is 10.2. The highest BCUT2D eigenvalue weighted by Crippen LogP contribution is 2.35. The average Bonchev–Trinajstić information content (AvgIpc) is 3.22. The van der Waals surface area contributed by atoms with E-state index in [1.807, 2.05) is 19.1 Å². The molecular formula is C21H22ClN3O3S2. The minimum absolute atomic E-state index is 0.00678. The molecule has 1 aromatic heterocycles. The number of amides is 1. The number of rotatable bonds is 5. The number of benzene rings is 2. The molecule has 0 radical (unpaired) electrons. The van der Waals surface area contributed by atoms with E-state index < -0.39 is 9.84 Å². The number of thiazole rings is 1. The van der Waals surface area contributed by atoms with E-state index in [0.29, 0.717) is 31.2 Å². The zero-order valence-corrected chi connectivity index (χ0v) is 18.9. The summed E-state index contributed by atoms with van der Waals surface area (Å²) in [5.74, 6) is -0.302. The Morgan fingerprint density at radius 1 is 1.10 bits per heavy atom. The molecule has 2 heterocycles. The molecule has 1 aliphatic rings. The van der Waals surface area contributed by atoms with Gasteiger partial charge in [0, 0.05) is 32.6 Å². The predicted molar refractivity (Wildman–Crippen MR) is 121 cm³/mol. The first-order valence-electron chi connectivity index (χ1n) is 9.71. The molecule has 1 fully saturated rings. The molecule has 158 valence electrons. The molecule has 2 aromatic carbocycles. The molecule has 0 atom stereocenters. The normalized spacial score (nSPS) is 15.0. The van der Waals surface area contributed by atoms with Crippen molar-refractivity contribution >= 4 is 54.0 Å². The lowest BCUT2D eigenvalue weighted by Gasteiger charge is -2.34. The number of fused-ring (bicyclic) bond motifs is 1. The van der Waals surface area contributed by atoms with Crippen molar-refractivity contribution in [2.45, 2.75) is 18.2 Å². The summed E-state index contributed by atoms with van der Waals surface area (Å²) in [5.41, 5.74) is 2.01. The van der Waals surface area contributed by atoms with E-state index in [9.17, 15) is 13.2 Å². The number of sulfone groups is 1. The van der Waals surface area contributed by atoms with Crippen molar-refractivity contribution in [2.24, 2.45) is 0 Å². The van der Waals surface area contributed by atoms with Crippen molar-refractivity contribution < 1.29 is 13.2 Å². The molecule has 0 bridgehead atoms. The van der Waals surface area contributed by atoms with Gasteiger partial charge in [0.05, 0.1) is 25.9 Å². The monoisotopic (exact) mass is 463 g/mol. The molecule has 0 aliphatic carbocycles. The zero-order valence-electron chi connectivity index (χ0n) is 16.5. The number of carbonyl (C=O) groups is 1. The summed E-state index contributed by atoms with van der Waals surface area (Å²) in [5, 5.41) is 1.60. The van der Waals surface area contributed by atoms with Crippen molar-refractivity contribution in [3.8, 4) is 0 Å². The Bertz CT molecular complexity index is 1130. The average molecular weight is 464 g/mol.